The molecule has 0 bridgehead atoms. The van der Waals surface area contributed by atoms with Crippen LogP contribution >= 0.6 is 11.3 Å². The van der Waals surface area contributed by atoms with Gasteiger partial charge >= 0.3 is 0 Å². The second-order valence-electron chi connectivity index (χ2n) is 5.12. The van der Waals surface area contributed by atoms with Crippen LogP contribution in [-0.2, 0) is 9.84 Å². The third-order valence-corrected chi connectivity index (χ3v) is 6.04. The molecule has 0 radical (unpaired) electrons. The first-order valence-corrected chi connectivity index (χ1v) is 8.91. The Bertz CT molecular complexity index is 626. The number of nitrogen functional groups attached to an aromatic ring is 1. The molecule has 0 aliphatic carbocycles. The van der Waals surface area contributed by atoms with E-state index in [9.17, 15) is 13.2 Å². The van der Waals surface area contributed by atoms with Crippen molar-refractivity contribution in [2.75, 3.05) is 29.1 Å². The Morgan fingerprint density at radius 3 is 2.80 bits per heavy atom. The first-order valence-electron chi connectivity index (χ1n) is 6.28. The Labute approximate surface area is 121 Å². The molecule has 112 valence electrons. The topological polar surface area (TPSA) is 114 Å². The summed E-state index contributed by atoms with van der Waals surface area (Å²) in [5.74, 6) is -0.147. The Kier molecular flexibility index (Phi) is 3.92. The summed E-state index contributed by atoms with van der Waals surface area (Å²) in [7, 11) is -3.07. The Morgan fingerprint density at radius 1 is 1.55 bits per heavy atom. The van der Waals surface area contributed by atoms with Crippen LogP contribution in [0.2, 0.25) is 0 Å². The second-order valence-corrected chi connectivity index (χ2v) is 8.30. The van der Waals surface area contributed by atoms with E-state index < -0.39 is 15.4 Å². The van der Waals surface area contributed by atoms with Gasteiger partial charge in [-0.3, -0.25) is 4.79 Å². The quantitative estimate of drug-likeness (QED) is 0.743. The third kappa shape index (κ3) is 3.21. The highest BCUT2D eigenvalue weighted by molar-refractivity contribution is 7.91. The van der Waals surface area contributed by atoms with Gasteiger partial charge in [-0.2, -0.15) is 0 Å². The Hall–Kier alpha value is -1.35. The van der Waals surface area contributed by atoms with Gasteiger partial charge in [0.25, 0.3) is 5.91 Å². The third-order valence-electron chi connectivity index (χ3n) is 3.11. The van der Waals surface area contributed by atoms with Crippen LogP contribution in [0, 0.1) is 0 Å². The number of nitrogens with two attached hydrogens (primary N) is 1. The molecular weight excluding hydrogens is 300 g/mol. The monoisotopic (exact) mass is 318 g/mol. The van der Waals surface area contributed by atoms with E-state index in [1.54, 1.807) is 6.92 Å². The number of nitrogens with one attached hydrogen (secondary N) is 2. The maximum absolute atomic E-state index is 12.2. The molecule has 1 aliphatic rings. The lowest BCUT2D eigenvalue weighted by Gasteiger charge is -2.23. The van der Waals surface area contributed by atoms with Crippen LogP contribution in [-0.4, -0.2) is 42.9 Å². The first-order chi connectivity index (χ1) is 9.25. The van der Waals surface area contributed by atoms with E-state index in [0.717, 1.165) is 0 Å². The molecule has 2 rings (SSSR count). The van der Waals surface area contributed by atoms with Crippen LogP contribution in [0.3, 0.4) is 0 Å². The number of sulfone groups is 1. The first kappa shape index (κ1) is 15.0. The van der Waals surface area contributed by atoms with Crippen molar-refractivity contribution in [1.29, 1.82) is 0 Å². The van der Waals surface area contributed by atoms with Gasteiger partial charge in [0.1, 0.15) is 10.7 Å². The normalized spacial score (nSPS) is 24.5. The van der Waals surface area contributed by atoms with Crippen LogP contribution in [0.25, 0.3) is 0 Å². The van der Waals surface area contributed by atoms with Crippen LogP contribution in [0.15, 0.2) is 0 Å². The number of carbonyl (C=O) groups excluding carboxylic acids is 1. The number of thiazole rings is 1. The van der Waals surface area contributed by atoms with Crippen molar-refractivity contribution in [2.24, 2.45) is 0 Å². The van der Waals surface area contributed by atoms with Crippen molar-refractivity contribution in [2.45, 2.75) is 25.8 Å². The van der Waals surface area contributed by atoms with Crippen LogP contribution in [0.4, 0.5) is 10.9 Å². The summed E-state index contributed by atoms with van der Waals surface area (Å²) in [4.78, 5) is 16.6. The summed E-state index contributed by atoms with van der Waals surface area (Å²) in [6.07, 6.45) is 0.417. The highest BCUT2D eigenvalue weighted by Crippen LogP contribution is 2.27. The molecular formula is C11H18N4O3S2. The molecule has 0 aromatic carbocycles. The number of anilines is 2. The smallest absolute Gasteiger partial charge is 0.265 e. The SMILES string of the molecule is CCNc1nc(N)c(C(=O)NC2(C)CCS(=O)(=O)C2)s1. The summed E-state index contributed by atoms with van der Waals surface area (Å²) in [6, 6.07) is 0. The minimum absolute atomic E-state index is 0.0372. The molecule has 20 heavy (non-hydrogen) atoms. The van der Waals surface area contributed by atoms with Gasteiger partial charge in [0, 0.05) is 6.54 Å². The maximum Gasteiger partial charge on any atom is 0.265 e. The molecule has 1 aromatic rings. The zero-order valence-electron chi connectivity index (χ0n) is 11.4. The molecule has 1 saturated heterocycles. The fraction of sp³-hybridized carbons (Fsp3) is 0.636. The highest BCUT2D eigenvalue weighted by Gasteiger charge is 2.40. The van der Waals surface area contributed by atoms with Crippen LogP contribution in [0.5, 0.6) is 0 Å². The lowest BCUT2D eigenvalue weighted by molar-refractivity contribution is 0.0920. The van der Waals surface area contributed by atoms with Crippen molar-refractivity contribution in [1.82, 2.24) is 10.3 Å². The van der Waals surface area contributed by atoms with Crippen molar-refractivity contribution in [3.63, 3.8) is 0 Å². The van der Waals surface area contributed by atoms with Gasteiger partial charge in [0.05, 0.1) is 17.0 Å². The molecule has 1 aromatic heterocycles. The maximum atomic E-state index is 12.2. The number of hydrogen-bond acceptors (Lipinski definition) is 7. The fourth-order valence-corrected chi connectivity index (χ4v) is 5.10. The van der Waals surface area contributed by atoms with Crippen molar-refractivity contribution < 1.29 is 13.2 Å². The van der Waals surface area contributed by atoms with E-state index in [4.69, 9.17) is 5.73 Å². The minimum atomic E-state index is -3.07. The van der Waals surface area contributed by atoms with E-state index in [0.29, 0.717) is 23.0 Å². The molecule has 1 fully saturated rings. The largest absolute Gasteiger partial charge is 0.382 e. The van der Waals surface area contributed by atoms with Crippen molar-refractivity contribution in [3.05, 3.63) is 4.88 Å². The van der Waals surface area contributed by atoms with E-state index >= 15 is 0 Å². The number of rotatable bonds is 4. The van der Waals surface area contributed by atoms with E-state index in [-0.39, 0.29) is 23.2 Å². The van der Waals surface area contributed by atoms with E-state index in [1.165, 1.54) is 11.3 Å². The van der Waals surface area contributed by atoms with Gasteiger partial charge in [-0.15, -0.1) is 0 Å². The predicted octanol–water partition coefficient (Wildman–Crippen LogP) is 0.464. The average Bonchev–Trinajstić information content (AvgIpc) is 2.80. The standard InChI is InChI=1S/C11H18N4O3S2/c1-3-13-10-14-8(12)7(19-10)9(16)15-11(2)4-5-20(17,18)6-11/h3-6,12H2,1-2H3,(H,13,14)(H,15,16). The summed E-state index contributed by atoms with van der Waals surface area (Å²) < 4.78 is 23.0. The van der Waals surface area contributed by atoms with Crippen molar-refractivity contribution in [3.8, 4) is 0 Å². The van der Waals surface area contributed by atoms with Gasteiger partial charge in [-0.1, -0.05) is 11.3 Å². The van der Waals surface area contributed by atoms with E-state index in [1.807, 2.05) is 6.92 Å². The predicted molar refractivity (Wildman–Crippen MR) is 79.8 cm³/mol. The number of nitrogens with zero attached hydrogens (tertiary/aromatic N) is 1. The van der Waals surface area contributed by atoms with Gasteiger partial charge in [-0.25, -0.2) is 13.4 Å². The Morgan fingerprint density at radius 2 is 2.25 bits per heavy atom. The molecule has 1 amide bonds. The van der Waals surface area contributed by atoms with Crippen LogP contribution in [0.1, 0.15) is 29.9 Å². The molecule has 9 heteroatoms. The molecule has 1 aliphatic heterocycles. The fourth-order valence-electron chi connectivity index (χ4n) is 2.16. The summed E-state index contributed by atoms with van der Waals surface area (Å²) in [6.45, 7) is 4.34. The average molecular weight is 318 g/mol. The van der Waals surface area contributed by atoms with Gasteiger partial charge in [-0.05, 0) is 20.3 Å². The van der Waals surface area contributed by atoms with E-state index in [2.05, 4.69) is 15.6 Å². The summed E-state index contributed by atoms with van der Waals surface area (Å²) in [5, 5.41) is 6.34. The lowest BCUT2D eigenvalue weighted by Crippen LogP contribution is -2.46. The molecule has 4 N–H and O–H groups in total. The van der Waals surface area contributed by atoms with Crippen LogP contribution < -0.4 is 16.4 Å². The number of amides is 1. The highest BCUT2D eigenvalue weighted by atomic mass is 32.2. The molecule has 0 spiro atoms. The number of hydrogen-bond donors (Lipinski definition) is 3. The Balaban J connectivity index is 2.13. The molecule has 7 nitrogen and oxygen atoms in total. The van der Waals surface area contributed by atoms with Gasteiger partial charge in [0.15, 0.2) is 15.0 Å². The van der Waals surface area contributed by atoms with Crippen molar-refractivity contribution >= 4 is 38.0 Å². The number of carbonyl (C=O) groups is 1. The summed E-state index contributed by atoms with van der Waals surface area (Å²) in [5.41, 5.74) is 4.99. The van der Waals surface area contributed by atoms with Gasteiger partial charge < -0.3 is 16.4 Å². The lowest BCUT2D eigenvalue weighted by atomic mass is 10.0. The number of aromatic nitrogens is 1. The molecule has 0 saturated carbocycles. The van der Waals surface area contributed by atoms with Gasteiger partial charge in [0.2, 0.25) is 0 Å². The molecule has 2 heterocycles. The zero-order chi connectivity index (χ0) is 15.0. The molecule has 1 atom stereocenters. The molecule has 1 unspecified atom stereocenters. The zero-order valence-corrected chi connectivity index (χ0v) is 13.0. The second kappa shape index (κ2) is 5.21. The minimum Gasteiger partial charge on any atom is -0.382 e. The summed E-state index contributed by atoms with van der Waals surface area (Å²) >= 11 is 1.17.